The number of amides is 1. The molecule has 0 aromatic carbocycles. The molecule has 1 N–H and O–H groups in total. The predicted octanol–water partition coefficient (Wildman–Crippen LogP) is 0.728. The van der Waals surface area contributed by atoms with Gasteiger partial charge in [-0.15, -0.1) is 0 Å². The molecule has 5 heteroatoms. The molecule has 5 nitrogen and oxygen atoms in total. The van der Waals surface area contributed by atoms with E-state index in [2.05, 4.69) is 16.4 Å². The lowest BCUT2D eigenvalue weighted by Gasteiger charge is -2.19. The maximum Gasteiger partial charge on any atom is 0.237 e. The van der Waals surface area contributed by atoms with Crippen LogP contribution in [0.4, 0.5) is 0 Å². The van der Waals surface area contributed by atoms with Crippen LogP contribution in [-0.4, -0.2) is 41.5 Å². The van der Waals surface area contributed by atoms with Crippen molar-refractivity contribution in [3.05, 3.63) is 30.1 Å². The van der Waals surface area contributed by atoms with Crippen LogP contribution in [0.3, 0.4) is 0 Å². The Balaban J connectivity index is 1.68. The molecule has 1 aliphatic heterocycles. The zero-order valence-electron chi connectivity index (χ0n) is 10.9. The topological polar surface area (TPSA) is 69.0 Å². The van der Waals surface area contributed by atoms with Crippen molar-refractivity contribution in [1.82, 2.24) is 15.2 Å². The number of nitrogens with zero attached hydrogens (tertiary/aromatic N) is 3. The Morgan fingerprint density at radius 1 is 1.58 bits per heavy atom. The van der Waals surface area contributed by atoms with Crippen molar-refractivity contribution in [2.75, 3.05) is 19.6 Å². The van der Waals surface area contributed by atoms with Crippen molar-refractivity contribution in [1.29, 1.82) is 5.26 Å². The van der Waals surface area contributed by atoms with Gasteiger partial charge in [-0.05, 0) is 25.0 Å². The summed E-state index contributed by atoms with van der Waals surface area (Å²) in [6.07, 6.45) is 4.30. The van der Waals surface area contributed by atoms with Crippen LogP contribution in [-0.2, 0) is 11.2 Å². The Morgan fingerprint density at radius 2 is 2.47 bits per heavy atom. The molecular formula is C14H18N4O. The highest BCUT2D eigenvalue weighted by atomic mass is 16.2. The molecule has 1 saturated heterocycles. The Bertz CT molecular complexity index is 454. The molecule has 0 aliphatic carbocycles. The van der Waals surface area contributed by atoms with E-state index in [1.165, 1.54) is 0 Å². The fourth-order valence-corrected chi connectivity index (χ4v) is 2.26. The van der Waals surface area contributed by atoms with Crippen molar-refractivity contribution in [3.63, 3.8) is 0 Å². The van der Waals surface area contributed by atoms with E-state index < -0.39 is 0 Å². The normalized spacial score (nSPS) is 18.3. The van der Waals surface area contributed by atoms with Crippen molar-refractivity contribution < 1.29 is 4.79 Å². The number of nitriles is 1. The summed E-state index contributed by atoms with van der Waals surface area (Å²) in [6.45, 7) is 1.72. The van der Waals surface area contributed by atoms with Crippen LogP contribution < -0.4 is 5.32 Å². The molecule has 1 atom stereocenters. The van der Waals surface area contributed by atoms with E-state index >= 15 is 0 Å². The maximum atomic E-state index is 11.9. The first-order valence-corrected chi connectivity index (χ1v) is 6.61. The standard InChI is InChI=1S/C14H18N4O/c15-10-13-5-3-9-18(13)14(19)11-16-8-6-12-4-1-2-7-17-12/h1-2,4,7,13,16H,3,5-6,8-9,11H2/t13-/m0/s1. The van der Waals surface area contributed by atoms with E-state index in [0.29, 0.717) is 19.6 Å². The third kappa shape index (κ3) is 3.76. The minimum absolute atomic E-state index is 0.0186. The van der Waals surface area contributed by atoms with E-state index in [9.17, 15) is 4.79 Å². The van der Waals surface area contributed by atoms with Crippen molar-refractivity contribution in [2.24, 2.45) is 0 Å². The molecule has 0 saturated carbocycles. The lowest BCUT2D eigenvalue weighted by molar-refractivity contribution is -0.130. The highest BCUT2D eigenvalue weighted by Crippen LogP contribution is 2.15. The zero-order chi connectivity index (χ0) is 13.5. The molecule has 0 bridgehead atoms. The fraction of sp³-hybridized carbons (Fsp3) is 0.500. The summed E-state index contributed by atoms with van der Waals surface area (Å²) in [6, 6.07) is 7.75. The number of hydrogen-bond acceptors (Lipinski definition) is 4. The van der Waals surface area contributed by atoms with Crippen molar-refractivity contribution in [3.8, 4) is 6.07 Å². The van der Waals surface area contributed by atoms with E-state index in [-0.39, 0.29) is 11.9 Å². The first-order valence-electron chi connectivity index (χ1n) is 6.61. The van der Waals surface area contributed by atoms with Crippen molar-refractivity contribution in [2.45, 2.75) is 25.3 Å². The van der Waals surface area contributed by atoms with Crippen LogP contribution in [0, 0.1) is 11.3 Å². The van der Waals surface area contributed by atoms with Gasteiger partial charge in [-0.25, -0.2) is 0 Å². The number of nitrogens with one attached hydrogen (secondary N) is 1. The van der Waals surface area contributed by atoms with Gasteiger partial charge in [-0.3, -0.25) is 9.78 Å². The summed E-state index contributed by atoms with van der Waals surface area (Å²) in [5.74, 6) is 0.0186. The molecule has 19 heavy (non-hydrogen) atoms. The second kappa shape index (κ2) is 6.86. The molecule has 0 radical (unpaired) electrons. The SMILES string of the molecule is N#C[C@@H]1CCCN1C(=O)CNCCc1ccccn1. The second-order valence-corrected chi connectivity index (χ2v) is 4.62. The lowest BCUT2D eigenvalue weighted by Crippen LogP contribution is -2.41. The number of carbonyl (C=O) groups is 1. The average Bonchev–Trinajstić information content (AvgIpc) is 2.93. The van der Waals surface area contributed by atoms with Gasteiger partial charge in [-0.2, -0.15) is 5.26 Å². The van der Waals surface area contributed by atoms with Crippen LogP contribution in [0.15, 0.2) is 24.4 Å². The largest absolute Gasteiger partial charge is 0.326 e. The third-order valence-corrected chi connectivity index (χ3v) is 3.28. The Morgan fingerprint density at radius 3 is 3.21 bits per heavy atom. The van der Waals surface area contributed by atoms with Gasteiger partial charge in [0.2, 0.25) is 5.91 Å². The van der Waals surface area contributed by atoms with Crippen LogP contribution in [0.2, 0.25) is 0 Å². The van der Waals surface area contributed by atoms with Gasteiger partial charge in [0.25, 0.3) is 0 Å². The van der Waals surface area contributed by atoms with Crippen LogP contribution in [0.25, 0.3) is 0 Å². The number of carbonyl (C=O) groups excluding carboxylic acids is 1. The van der Waals surface area contributed by atoms with Crippen LogP contribution in [0.5, 0.6) is 0 Å². The summed E-state index contributed by atoms with van der Waals surface area (Å²) < 4.78 is 0. The highest BCUT2D eigenvalue weighted by Gasteiger charge is 2.27. The molecule has 0 unspecified atom stereocenters. The molecule has 100 valence electrons. The monoisotopic (exact) mass is 258 g/mol. The van der Waals surface area contributed by atoms with Gasteiger partial charge in [-0.1, -0.05) is 6.07 Å². The molecule has 0 spiro atoms. The average molecular weight is 258 g/mol. The predicted molar refractivity (Wildman–Crippen MR) is 71.2 cm³/mol. The van der Waals surface area contributed by atoms with Gasteiger partial charge in [0.05, 0.1) is 12.6 Å². The van der Waals surface area contributed by atoms with Gasteiger partial charge < -0.3 is 10.2 Å². The quantitative estimate of drug-likeness (QED) is 0.790. The number of likely N-dealkylation sites (tertiary alicyclic amines) is 1. The molecule has 2 rings (SSSR count). The molecule has 1 fully saturated rings. The molecule has 1 aromatic heterocycles. The summed E-state index contributed by atoms with van der Waals surface area (Å²) in [5.41, 5.74) is 1.01. The molecule has 1 amide bonds. The molecule has 2 heterocycles. The zero-order valence-corrected chi connectivity index (χ0v) is 10.9. The fourth-order valence-electron chi connectivity index (χ4n) is 2.26. The van der Waals surface area contributed by atoms with Gasteiger partial charge >= 0.3 is 0 Å². The first-order chi connectivity index (χ1) is 9.31. The third-order valence-electron chi connectivity index (χ3n) is 3.28. The molecular weight excluding hydrogens is 240 g/mol. The van der Waals surface area contributed by atoms with Crippen LogP contribution in [0.1, 0.15) is 18.5 Å². The summed E-state index contributed by atoms with van der Waals surface area (Å²) in [5, 5.41) is 12.0. The first kappa shape index (κ1) is 13.5. The maximum absolute atomic E-state index is 11.9. The van der Waals surface area contributed by atoms with Gasteiger partial charge in [0.1, 0.15) is 6.04 Å². The summed E-state index contributed by atoms with van der Waals surface area (Å²) >= 11 is 0. The highest BCUT2D eigenvalue weighted by molar-refractivity contribution is 5.79. The summed E-state index contributed by atoms with van der Waals surface area (Å²) in [4.78, 5) is 17.8. The summed E-state index contributed by atoms with van der Waals surface area (Å²) in [7, 11) is 0. The van der Waals surface area contributed by atoms with E-state index in [1.807, 2.05) is 18.2 Å². The number of hydrogen-bond donors (Lipinski definition) is 1. The van der Waals surface area contributed by atoms with E-state index in [1.54, 1.807) is 11.1 Å². The number of rotatable bonds is 5. The Kier molecular flexibility index (Phi) is 4.87. The minimum atomic E-state index is -0.231. The van der Waals surface area contributed by atoms with Crippen LogP contribution >= 0.6 is 0 Å². The van der Waals surface area contributed by atoms with Crippen molar-refractivity contribution >= 4 is 5.91 Å². The molecule has 1 aromatic rings. The smallest absolute Gasteiger partial charge is 0.237 e. The number of pyridine rings is 1. The Labute approximate surface area is 113 Å². The van der Waals surface area contributed by atoms with Gasteiger partial charge in [0, 0.05) is 31.4 Å². The van der Waals surface area contributed by atoms with E-state index in [0.717, 1.165) is 25.0 Å². The lowest BCUT2D eigenvalue weighted by atomic mass is 10.2. The number of aromatic nitrogens is 1. The van der Waals surface area contributed by atoms with E-state index in [4.69, 9.17) is 5.26 Å². The Hall–Kier alpha value is -1.93. The molecule has 1 aliphatic rings. The second-order valence-electron chi connectivity index (χ2n) is 4.62. The van der Waals surface area contributed by atoms with Gasteiger partial charge in [0.15, 0.2) is 0 Å². The minimum Gasteiger partial charge on any atom is -0.326 e.